The zero-order valence-corrected chi connectivity index (χ0v) is 22.9. The van der Waals surface area contributed by atoms with Crippen molar-refractivity contribution in [2.24, 2.45) is 11.3 Å². The van der Waals surface area contributed by atoms with E-state index < -0.39 is 0 Å². The van der Waals surface area contributed by atoms with Crippen LogP contribution in [0.15, 0.2) is 36.4 Å². The normalized spacial score (nSPS) is 18.2. The molecular formula is C31H43N3O2. The molecule has 0 bridgehead atoms. The number of anilines is 1. The summed E-state index contributed by atoms with van der Waals surface area (Å²) in [5, 5.41) is 5.07. The number of H-pyrrole nitrogens is 1. The van der Waals surface area contributed by atoms with Crippen LogP contribution < -0.4 is 14.8 Å². The van der Waals surface area contributed by atoms with E-state index in [9.17, 15) is 0 Å². The van der Waals surface area contributed by atoms with E-state index in [-0.39, 0.29) is 0 Å². The number of fused-ring (bicyclic) bond motifs is 1. The second kappa shape index (κ2) is 10.0. The summed E-state index contributed by atoms with van der Waals surface area (Å²) in [6.45, 7) is 12.8. The molecule has 2 aliphatic rings. The first-order valence-electron chi connectivity index (χ1n) is 13.7. The lowest BCUT2D eigenvalue weighted by Crippen LogP contribution is -2.49. The summed E-state index contributed by atoms with van der Waals surface area (Å²) in [4.78, 5) is 6.33. The first kappa shape index (κ1) is 25.0. The maximum absolute atomic E-state index is 5.57. The van der Waals surface area contributed by atoms with Gasteiger partial charge in [-0.3, -0.25) is 0 Å². The fourth-order valence-electron chi connectivity index (χ4n) is 6.64. The average Bonchev–Trinajstić information content (AvgIpc) is 3.25. The molecule has 5 nitrogen and oxygen atoms in total. The molecule has 0 amide bonds. The number of hydrogen-bond acceptors (Lipinski definition) is 4. The molecule has 1 aromatic heterocycles. The second-order valence-corrected chi connectivity index (χ2v) is 11.7. The topological polar surface area (TPSA) is 49.5 Å². The zero-order chi connectivity index (χ0) is 25.4. The molecule has 5 rings (SSSR count). The Balaban J connectivity index is 1.30. The lowest BCUT2D eigenvalue weighted by molar-refractivity contribution is -0.0156. The van der Waals surface area contributed by atoms with Gasteiger partial charge in [0.15, 0.2) is 11.5 Å². The lowest BCUT2D eigenvalue weighted by atomic mass is 9.57. The number of aromatic amines is 1. The van der Waals surface area contributed by atoms with Crippen LogP contribution in [0.2, 0.25) is 0 Å². The number of piperidine rings is 1. The van der Waals surface area contributed by atoms with Gasteiger partial charge in [0.1, 0.15) is 0 Å². The third-order valence-electron chi connectivity index (χ3n) is 8.72. The molecular weight excluding hydrogens is 446 g/mol. The van der Waals surface area contributed by atoms with Gasteiger partial charge in [-0.1, -0.05) is 13.8 Å². The summed E-state index contributed by atoms with van der Waals surface area (Å²) < 4.78 is 11.0. The number of benzene rings is 2. The fourth-order valence-corrected chi connectivity index (χ4v) is 6.64. The van der Waals surface area contributed by atoms with Crippen molar-refractivity contribution in [1.82, 2.24) is 9.88 Å². The van der Waals surface area contributed by atoms with E-state index >= 15 is 0 Å². The number of ether oxygens (including phenoxy) is 2. The quantitative estimate of drug-likeness (QED) is 0.349. The van der Waals surface area contributed by atoms with Crippen LogP contribution in [0, 0.1) is 11.3 Å². The van der Waals surface area contributed by atoms with Gasteiger partial charge in [0.25, 0.3) is 0 Å². The smallest absolute Gasteiger partial charge is 0.161 e. The van der Waals surface area contributed by atoms with Gasteiger partial charge in [-0.2, -0.15) is 0 Å². The van der Waals surface area contributed by atoms with Crippen molar-refractivity contribution in [2.45, 2.75) is 65.3 Å². The number of aromatic nitrogens is 1. The van der Waals surface area contributed by atoms with E-state index in [2.05, 4.69) is 73.2 Å². The Morgan fingerprint density at radius 1 is 0.972 bits per heavy atom. The van der Waals surface area contributed by atoms with Crippen LogP contribution in [0.1, 0.15) is 64.9 Å². The number of nitrogens with one attached hydrogen (secondary N) is 2. The standard InChI is InChI=1S/C31H43N3O2/c1-20(2)29-25-16-24(32-19-22-17-31(18-22)11-13-34(14-12-31)21(3)4)8-9-26(25)33-30(29)23-7-10-27(35-5)28(15-23)36-6/h7-10,15-16,20-22,32-33H,11-14,17-19H2,1-6H3. The van der Waals surface area contributed by atoms with Crippen molar-refractivity contribution >= 4 is 16.6 Å². The summed E-state index contributed by atoms with van der Waals surface area (Å²) in [6.07, 6.45) is 5.54. The molecule has 2 heterocycles. The van der Waals surface area contributed by atoms with Crippen molar-refractivity contribution in [2.75, 3.05) is 39.2 Å². The summed E-state index contributed by atoms with van der Waals surface area (Å²) in [7, 11) is 3.36. The van der Waals surface area contributed by atoms with Crippen molar-refractivity contribution in [3.05, 3.63) is 42.0 Å². The van der Waals surface area contributed by atoms with E-state index in [0.29, 0.717) is 17.4 Å². The molecule has 2 N–H and O–H groups in total. The summed E-state index contributed by atoms with van der Waals surface area (Å²) in [6, 6.07) is 13.6. The SMILES string of the molecule is COc1ccc(-c2[nH]c3ccc(NCC4CC5(CCN(C(C)C)CC5)C4)cc3c2C(C)C)cc1OC. The summed E-state index contributed by atoms with van der Waals surface area (Å²) >= 11 is 0. The predicted molar refractivity (Wildman–Crippen MR) is 151 cm³/mol. The molecule has 36 heavy (non-hydrogen) atoms. The minimum absolute atomic E-state index is 0.389. The third kappa shape index (κ3) is 4.70. The van der Waals surface area contributed by atoms with Gasteiger partial charge >= 0.3 is 0 Å². The van der Waals surface area contributed by atoms with Crippen LogP contribution in [0.4, 0.5) is 5.69 Å². The fraction of sp³-hybridized carbons (Fsp3) is 0.548. The highest BCUT2D eigenvalue weighted by Crippen LogP contribution is 2.52. The second-order valence-electron chi connectivity index (χ2n) is 11.7. The van der Waals surface area contributed by atoms with Crippen molar-refractivity contribution in [3.8, 4) is 22.8 Å². The molecule has 1 spiro atoms. The lowest BCUT2D eigenvalue weighted by Gasteiger charge is -2.53. The van der Waals surface area contributed by atoms with Crippen molar-refractivity contribution < 1.29 is 9.47 Å². The first-order valence-corrected chi connectivity index (χ1v) is 13.7. The zero-order valence-electron chi connectivity index (χ0n) is 22.9. The Hall–Kier alpha value is -2.66. The Kier molecular flexibility index (Phi) is 6.95. The number of hydrogen-bond donors (Lipinski definition) is 2. The minimum atomic E-state index is 0.389. The van der Waals surface area contributed by atoms with Gasteiger partial charge in [-0.05, 0) is 112 Å². The molecule has 1 aliphatic heterocycles. The van der Waals surface area contributed by atoms with Crippen LogP contribution in [0.5, 0.6) is 11.5 Å². The van der Waals surface area contributed by atoms with Crippen molar-refractivity contribution in [3.63, 3.8) is 0 Å². The first-order chi connectivity index (χ1) is 17.3. The van der Waals surface area contributed by atoms with E-state index in [1.54, 1.807) is 14.2 Å². The predicted octanol–water partition coefficient (Wildman–Crippen LogP) is 7.29. The molecule has 0 atom stereocenters. The van der Waals surface area contributed by atoms with Crippen LogP contribution >= 0.6 is 0 Å². The highest BCUT2D eigenvalue weighted by atomic mass is 16.5. The van der Waals surface area contributed by atoms with Gasteiger partial charge in [-0.15, -0.1) is 0 Å². The molecule has 2 fully saturated rings. The maximum Gasteiger partial charge on any atom is 0.161 e. The molecule has 1 aliphatic carbocycles. The molecule has 194 valence electrons. The Bertz CT molecular complexity index is 1200. The van der Waals surface area contributed by atoms with Crippen LogP contribution in [0.3, 0.4) is 0 Å². The van der Waals surface area contributed by atoms with E-state index in [0.717, 1.165) is 35.2 Å². The van der Waals surface area contributed by atoms with Crippen LogP contribution in [0.25, 0.3) is 22.2 Å². The van der Waals surface area contributed by atoms with Gasteiger partial charge < -0.3 is 24.7 Å². The molecule has 1 saturated carbocycles. The van der Waals surface area contributed by atoms with Gasteiger partial charge in [0, 0.05) is 34.7 Å². The minimum Gasteiger partial charge on any atom is -0.493 e. The third-order valence-corrected chi connectivity index (χ3v) is 8.72. The number of methoxy groups -OCH3 is 2. The van der Waals surface area contributed by atoms with Crippen LogP contribution in [-0.4, -0.2) is 49.8 Å². The number of likely N-dealkylation sites (tertiary alicyclic amines) is 1. The Morgan fingerprint density at radius 2 is 1.69 bits per heavy atom. The van der Waals surface area contributed by atoms with Gasteiger partial charge in [0.2, 0.25) is 0 Å². The summed E-state index contributed by atoms with van der Waals surface area (Å²) in [5.74, 6) is 2.68. The number of rotatable bonds is 8. The van der Waals surface area contributed by atoms with Crippen molar-refractivity contribution in [1.29, 1.82) is 0 Å². The van der Waals surface area contributed by atoms with Gasteiger partial charge in [-0.25, -0.2) is 0 Å². The molecule has 2 aromatic carbocycles. The monoisotopic (exact) mass is 489 g/mol. The molecule has 0 radical (unpaired) electrons. The molecule has 0 unspecified atom stereocenters. The Labute approximate surface area is 216 Å². The van der Waals surface area contributed by atoms with E-state index in [4.69, 9.17) is 9.47 Å². The van der Waals surface area contributed by atoms with E-state index in [1.807, 2.05) is 6.07 Å². The average molecular weight is 490 g/mol. The Morgan fingerprint density at radius 3 is 2.33 bits per heavy atom. The van der Waals surface area contributed by atoms with Gasteiger partial charge in [0.05, 0.1) is 19.9 Å². The highest BCUT2D eigenvalue weighted by molar-refractivity contribution is 5.93. The summed E-state index contributed by atoms with van der Waals surface area (Å²) in [5.41, 5.74) is 6.64. The molecule has 5 heteroatoms. The molecule has 3 aromatic rings. The van der Waals surface area contributed by atoms with E-state index in [1.165, 1.54) is 60.9 Å². The molecule has 1 saturated heterocycles. The highest BCUT2D eigenvalue weighted by Gasteiger charge is 2.45. The van der Waals surface area contributed by atoms with Crippen LogP contribution in [-0.2, 0) is 0 Å². The number of nitrogens with zero attached hydrogens (tertiary/aromatic N) is 1. The maximum atomic E-state index is 5.57. The largest absolute Gasteiger partial charge is 0.493 e.